The van der Waals surface area contributed by atoms with Crippen molar-refractivity contribution < 1.29 is 25.2 Å². The fourth-order valence-corrected chi connectivity index (χ4v) is 2.69. The van der Waals surface area contributed by atoms with Gasteiger partial charge in [0.05, 0.1) is 12.3 Å². The third-order valence-corrected chi connectivity index (χ3v) is 3.89. The van der Waals surface area contributed by atoms with Crippen LogP contribution in [0.2, 0.25) is 0 Å². The van der Waals surface area contributed by atoms with E-state index >= 15 is 0 Å². The van der Waals surface area contributed by atoms with Crippen molar-refractivity contribution in [3.05, 3.63) is 42.0 Å². The summed E-state index contributed by atoms with van der Waals surface area (Å²) in [4.78, 5) is 4.28. The Labute approximate surface area is 132 Å². The molecule has 5 atom stereocenters. The van der Waals surface area contributed by atoms with Gasteiger partial charge in [-0.1, -0.05) is 18.2 Å². The van der Waals surface area contributed by atoms with Crippen LogP contribution in [-0.2, 0) is 4.74 Å². The minimum atomic E-state index is -1.45. The number of aryl methyl sites for hydroxylation is 1. The Balaban J connectivity index is 2.01. The molecule has 2 aromatic rings. The molecule has 1 aliphatic heterocycles. The highest BCUT2D eigenvalue weighted by Crippen LogP contribution is 2.32. The number of aromatic nitrogens is 3. The number of aliphatic hydroxyl groups is 4. The summed E-state index contributed by atoms with van der Waals surface area (Å²) in [6.45, 7) is 1.22. The molecular weight excluding hydrogens is 302 g/mol. The average molecular weight is 321 g/mol. The molecular formula is C15H19N3O5. The lowest BCUT2D eigenvalue weighted by atomic mass is 9.94. The van der Waals surface area contributed by atoms with Crippen molar-refractivity contribution >= 4 is 0 Å². The summed E-state index contributed by atoms with van der Waals surface area (Å²) in [6.07, 6.45) is -6.25. The van der Waals surface area contributed by atoms with Crippen LogP contribution < -0.4 is 0 Å². The van der Waals surface area contributed by atoms with Gasteiger partial charge in [-0.3, -0.25) is 0 Å². The van der Waals surface area contributed by atoms with Gasteiger partial charge in [-0.25, -0.2) is 9.67 Å². The average Bonchev–Trinajstić information content (AvgIpc) is 2.95. The summed E-state index contributed by atoms with van der Waals surface area (Å²) >= 11 is 0. The summed E-state index contributed by atoms with van der Waals surface area (Å²) in [5.74, 6) is 0.770. The van der Waals surface area contributed by atoms with E-state index in [1.807, 2.05) is 30.3 Å². The maximum Gasteiger partial charge on any atom is 0.164 e. The second kappa shape index (κ2) is 6.34. The van der Waals surface area contributed by atoms with Gasteiger partial charge in [-0.15, -0.1) is 0 Å². The molecule has 124 valence electrons. The van der Waals surface area contributed by atoms with Gasteiger partial charge in [0.2, 0.25) is 0 Å². The first-order valence-electron chi connectivity index (χ1n) is 7.32. The molecule has 23 heavy (non-hydrogen) atoms. The fourth-order valence-electron chi connectivity index (χ4n) is 2.69. The molecule has 0 unspecified atom stereocenters. The quantitative estimate of drug-likeness (QED) is 0.577. The van der Waals surface area contributed by atoms with Crippen LogP contribution in [0.1, 0.15) is 17.8 Å². The van der Waals surface area contributed by atoms with Crippen molar-refractivity contribution in [2.45, 2.75) is 37.4 Å². The Bertz CT molecular complexity index is 660. The molecule has 8 nitrogen and oxygen atoms in total. The van der Waals surface area contributed by atoms with Gasteiger partial charge in [0.1, 0.15) is 36.3 Å². The maximum absolute atomic E-state index is 10.3. The van der Waals surface area contributed by atoms with Crippen molar-refractivity contribution in [2.24, 2.45) is 0 Å². The highest BCUT2D eigenvalue weighted by atomic mass is 16.5. The number of hydrogen-bond acceptors (Lipinski definition) is 7. The lowest BCUT2D eigenvalue weighted by molar-refractivity contribution is -0.234. The molecule has 3 rings (SSSR count). The third kappa shape index (κ3) is 2.87. The van der Waals surface area contributed by atoms with Gasteiger partial charge in [-0.2, -0.15) is 5.10 Å². The van der Waals surface area contributed by atoms with Crippen molar-refractivity contribution in [3.8, 4) is 5.69 Å². The van der Waals surface area contributed by atoms with Crippen LogP contribution in [0.3, 0.4) is 0 Å². The molecule has 1 aromatic heterocycles. The zero-order chi connectivity index (χ0) is 16.6. The molecule has 8 heteroatoms. The van der Waals surface area contributed by atoms with E-state index in [4.69, 9.17) is 4.74 Å². The lowest BCUT2D eigenvalue weighted by Gasteiger charge is -2.39. The van der Waals surface area contributed by atoms with Crippen LogP contribution in [0, 0.1) is 6.92 Å². The summed E-state index contributed by atoms with van der Waals surface area (Å²) in [5, 5.41) is 43.7. The van der Waals surface area contributed by atoms with Crippen LogP contribution in [0.25, 0.3) is 5.69 Å². The van der Waals surface area contributed by atoms with Crippen LogP contribution in [0.5, 0.6) is 0 Å². The number of aliphatic hydroxyl groups excluding tert-OH is 4. The second-order valence-electron chi connectivity index (χ2n) is 5.51. The standard InChI is InChI=1S/C15H19N3O5/c1-8-16-15(18(17-8)9-5-3-2-4-6-9)14-13(22)12(21)11(20)10(7-19)23-14/h2-6,10-14,19-22H,7H2,1H3/t10-,11-,12+,13-,14-/m1/s1. The van der Waals surface area contributed by atoms with E-state index in [0.717, 1.165) is 5.69 Å². The third-order valence-electron chi connectivity index (χ3n) is 3.89. The highest BCUT2D eigenvalue weighted by molar-refractivity contribution is 5.32. The van der Waals surface area contributed by atoms with E-state index < -0.39 is 37.1 Å². The van der Waals surface area contributed by atoms with E-state index in [9.17, 15) is 20.4 Å². The topological polar surface area (TPSA) is 121 Å². The molecule has 4 N–H and O–H groups in total. The summed E-state index contributed by atoms with van der Waals surface area (Å²) in [5.41, 5.74) is 0.722. The van der Waals surface area contributed by atoms with Gasteiger partial charge in [0, 0.05) is 0 Å². The van der Waals surface area contributed by atoms with E-state index in [1.165, 1.54) is 4.68 Å². The number of ether oxygens (including phenoxy) is 1. The molecule has 0 bridgehead atoms. The van der Waals surface area contributed by atoms with Crippen LogP contribution in [-0.4, -0.2) is 66.2 Å². The lowest BCUT2D eigenvalue weighted by Crippen LogP contribution is -2.55. The zero-order valence-corrected chi connectivity index (χ0v) is 12.5. The Morgan fingerprint density at radius 2 is 1.78 bits per heavy atom. The van der Waals surface area contributed by atoms with Gasteiger partial charge < -0.3 is 25.2 Å². The summed E-state index contributed by atoms with van der Waals surface area (Å²) < 4.78 is 7.07. The maximum atomic E-state index is 10.3. The normalized spacial score (nSPS) is 31.3. The number of para-hydroxylation sites is 1. The largest absolute Gasteiger partial charge is 0.394 e. The Hall–Kier alpha value is -1.84. The van der Waals surface area contributed by atoms with Gasteiger partial charge in [-0.05, 0) is 19.1 Å². The summed E-state index contributed by atoms with van der Waals surface area (Å²) in [6, 6.07) is 9.18. The van der Waals surface area contributed by atoms with Crippen LogP contribution in [0.4, 0.5) is 0 Å². The van der Waals surface area contributed by atoms with Crippen molar-refractivity contribution in [1.82, 2.24) is 14.8 Å². The highest BCUT2D eigenvalue weighted by Gasteiger charge is 2.46. The molecule has 1 fully saturated rings. The fraction of sp³-hybridized carbons (Fsp3) is 0.467. The molecule has 1 aromatic carbocycles. The van der Waals surface area contributed by atoms with Crippen molar-refractivity contribution in [3.63, 3.8) is 0 Å². The molecule has 0 saturated carbocycles. The molecule has 1 saturated heterocycles. The molecule has 0 radical (unpaired) electrons. The molecule has 0 spiro atoms. The van der Waals surface area contributed by atoms with Crippen molar-refractivity contribution in [1.29, 1.82) is 0 Å². The van der Waals surface area contributed by atoms with Crippen LogP contribution in [0.15, 0.2) is 30.3 Å². The van der Waals surface area contributed by atoms with Gasteiger partial charge in [0.15, 0.2) is 5.82 Å². The van der Waals surface area contributed by atoms with Gasteiger partial charge >= 0.3 is 0 Å². The van der Waals surface area contributed by atoms with Crippen LogP contribution >= 0.6 is 0 Å². The molecule has 1 aliphatic rings. The first-order chi connectivity index (χ1) is 11.0. The predicted molar refractivity (Wildman–Crippen MR) is 78.8 cm³/mol. The van der Waals surface area contributed by atoms with E-state index in [-0.39, 0.29) is 0 Å². The number of hydrogen-bond donors (Lipinski definition) is 4. The monoisotopic (exact) mass is 321 g/mol. The molecule has 0 aliphatic carbocycles. The van der Waals surface area contributed by atoms with Crippen molar-refractivity contribution in [2.75, 3.05) is 6.61 Å². The SMILES string of the molecule is Cc1nc([C@@H]2O[C@H](CO)[C@@H](O)[C@H](O)[C@H]2O)n(-c2ccccc2)n1. The smallest absolute Gasteiger partial charge is 0.164 e. The minimum Gasteiger partial charge on any atom is -0.394 e. The Kier molecular flexibility index (Phi) is 4.42. The second-order valence-corrected chi connectivity index (χ2v) is 5.51. The first-order valence-corrected chi connectivity index (χ1v) is 7.32. The Morgan fingerprint density at radius 3 is 2.43 bits per heavy atom. The van der Waals surface area contributed by atoms with E-state index in [2.05, 4.69) is 10.1 Å². The molecule has 2 heterocycles. The van der Waals surface area contributed by atoms with E-state index in [0.29, 0.717) is 11.6 Å². The first kappa shape index (κ1) is 16.0. The number of nitrogens with zero attached hydrogens (tertiary/aromatic N) is 3. The van der Waals surface area contributed by atoms with E-state index in [1.54, 1.807) is 6.92 Å². The predicted octanol–water partition coefficient (Wildman–Crippen LogP) is -0.909. The molecule has 0 amide bonds. The zero-order valence-electron chi connectivity index (χ0n) is 12.5. The minimum absolute atomic E-state index is 0.297. The number of benzene rings is 1. The van der Waals surface area contributed by atoms with Gasteiger partial charge in [0.25, 0.3) is 0 Å². The number of rotatable bonds is 3. The Morgan fingerprint density at radius 1 is 1.09 bits per heavy atom. The summed E-state index contributed by atoms with van der Waals surface area (Å²) in [7, 11) is 0.